The highest BCUT2D eigenvalue weighted by Crippen LogP contribution is 2.25. The lowest BCUT2D eigenvalue weighted by Gasteiger charge is -2.31. The summed E-state index contributed by atoms with van der Waals surface area (Å²) in [5.41, 5.74) is 0. The highest BCUT2D eigenvalue weighted by Gasteiger charge is 2.33. The summed E-state index contributed by atoms with van der Waals surface area (Å²) in [4.78, 5) is 12.3. The molecule has 1 aromatic carbocycles. The van der Waals surface area contributed by atoms with Crippen molar-refractivity contribution in [2.75, 3.05) is 13.1 Å². The van der Waals surface area contributed by atoms with Crippen molar-refractivity contribution in [2.45, 2.75) is 68.7 Å². The summed E-state index contributed by atoms with van der Waals surface area (Å²) in [7, 11) is -3.89. The molecule has 2 fully saturated rings. The number of hydrogen-bond acceptors (Lipinski definition) is 3. The number of carbonyl (C=O) groups excluding carboxylic acids is 1. The molecule has 0 bridgehead atoms. The second kappa shape index (κ2) is 9.31. The lowest BCUT2D eigenvalue weighted by molar-refractivity contribution is -0.127. The van der Waals surface area contributed by atoms with E-state index in [9.17, 15) is 22.0 Å². The van der Waals surface area contributed by atoms with Gasteiger partial charge in [-0.2, -0.15) is 4.31 Å². The zero-order valence-electron chi connectivity index (χ0n) is 16.0. The van der Waals surface area contributed by atoms with E-state index in [-0.39, 0.29) is 35.9 Å². The minimum atomic E-state index is -3.89. The second-order valence-electron chi connectivity index (χ2n) is 7.80. The maximum atomic E-state index is 13.4. The van der Waals surface area contributed by atoms with Crippen molar-refractivity contribution in [2.24, 2.45) is 5.92 Å². The minimum absolute atomic E-state index is 0.00967. The quantitative estimate of drug-likeness (QED) is 0.819. The predicted octanol–water partition coefficient (Wildman–Crippen LogP) is 3.59. The van der Waals surface area contributed by atoms with E-state index in [1.807, 2.05) is 0 Å². The van der Waals surface area contributed by atoms with Gasteiger partial charge >= 0.3 is 0 Å². The van der Waals surface area contributed by atoms with Gasteiger partial charge in [-0.05, 0) is 43.9 Å². The summed E-state index contributed by atoms with van der Waals surface area (Å²) in [6.07, 6.45) is 8.85. The van der Waals surface area contributed by atoms with Crippen molar-refractivity contribution in [1.82, 2.24) is 9.62 Å². The Balaban J connectivity index is 1.55. The first-order valence-electron chi connectivity index (χ1n) is 10.1. The molecule has 1 aliphatic heterocycles. The molecule has 0 spiro atoms. The van der Waals surface area contributed by atoms with Crippen LogP contribution in [0.4, 0.5) is 8.78 Å². The number of hydrogen-bond donors (Lipinski definition) is 1. The highest BCUT2D eigenvalue weighted by atomic mass is 32.2. The summed E-state index contributed by atoms with van der Waals surface area (Å²) in [5.74, 6) is -2.46. The lowest BCUT2D eigenvalue weighted by Crippen LogP contribution is -2.45. The van der Waals surface area contributed by atoms with Crippen molar-refractivity contribution in [1.29, 1.82) is 0 Å². The Morgan fingerprint density at radius 2 is 1.54 bits per heavy atom. The van der Waals surface area contributed by atoms with Gasteiger partial charge in [0.25, 0.3) is 0 Å². The van der Waals surface area contributed by atoms with Crippen molar-refractivity contribution in [3.05, 3.63) is 29.8 Å². The molecule has 1 aromatic rings. The van der Waals surface area contributed by atoms with Crippen molar-refractivity contribution in [3.63, 3.8) is 0 Å². The number of amides is 1. The Morgan fingerprint density at radius 3 is 2.14 bits per heavy atom. The molecule has 5 nitrogen and oxygen atoms in total. The Labute approximate surface area is 165 Å². The number of carbonyl (C=O) groups is 1. The van der Waals surface area contributed by atoms with Crippen LogP contribution in [0, 0.1) is 17.6 Å². The zero-order valence-corrected chi connectivity index (χ0v) is 16.8. The highest BCUT2D eigenvalue weighted by molar-refractivity contribution is 7.89. The molecule has 0 unspecified atom stereocenters. The van der Waals surface area contributed by atoms with Crippen LogP contribution in [-0.2, 0) is 14.8 Å². The molecule has 1 amide bonds. The third-order valence-corrected chi connectivity index (χ3v) is 7.70. The van der Waals surface area contributed by atoms with Gasteiger partial charge in [-0.25, -0.2) is 17.2 Å². The van der Waals surface area contributed by atoms with Crippen LogP contribution in [-0.4, -0.2) is 37.8 Å². The van der Waals surface area contributed by atoms with Crippen molar-refractivity contribution < 1.29 is 22.0 Å². The van der Waals surface area contributed by atoms with Crippen LogP contribution < -0.4 is 5.32 Å². The molecular formula is C20H28F2N2O3S. The van der Waals surface area contributed by atoms with Crippen LogP contribution in [0.2, 0.25) is 0 Å². The lowest BCUT2D eigenvalue weighted by atomic mass is 9.94. The smallest absolute Gasteiger partial charge is 0.243 e. The molecule has 1 aliphatic carbocycles. The fraction of sp³-hybridized carbons (Fsp3) is 0.650. The molecule has 0 aromatic heterocycles. The van der Waals surface area contributed by atoms with Crippen molar-refractivity contribution in [3.8, 4) is 0 Å². The Hall–Kier alpha value is -1.54. The van der Waals surface area contributed by atoms with Gasteiger partial charge in [-0.15, -0.1) is 0 Å². The normalized spacial score (nSPS) is 21.1. The SMILES string of the molecule is O=C(NC1CCCCCCC1)C1CCN(S(=O)(=O)c2ccc(F)c(F)c2)CC1. The molecule has 0 radical (unpaired) electrons. The van der Waals surface area contributed by atoms with E-state index in [2.05, 4.69) is 5.32 Å². The number of benzene rings is 1. The molecule has 1 saturated heterocycles. The molecule has 2 aliphatic rings. The van der Waals surface area contributed by atoms with E-state index in [1.54, 1.807) is 0 Å². The summed E-state index contributed by atoms with van der Waals surface area (Å²) >= 11 is 0. The van der Waals surface area contributed by atoms with E-state index in [4.69, 9.17) is 0 Å². The summed E-state index contributed by atoms with van der Waals surface area (Å²) in [6.45, 7) is 0.397. The average molecular weight is 415 g/mol. The van der Waals surface area contributed by atoms with Crippen LogP contribution in [0.1, 0.15) is 57.8 Å². The van der Waals surface area contributed by atoms with Gasteiger partial charge in [-0.3, -0.25) is 4.79 Å². The van der Waals surface area contributed by atoms with Gasteiger partial charge in [0.2, 0.25) is 15.9 Å². The van der Waals surface area contributed by atoms with Gasteiger partial charge in [0.1, 0.15) is 0 Å². The number of rotatable bonds is 4. The summed E-state index contributed by atoms with van der Waals surface area (Å²) in [6, 6.07) is 2.81. The molecule has 156 valence electrons. The summed E-state index contributed by atoms with van der Waals surface area (Å²) < 4.78 is 53.0. The Kier molecular flexibility index (Phi) is 7.04. The molecule has 0 atom stereocenters. The van der Waals surface area contributed by atoms with Gasteiger partial charge < -0.3 is 5.32 Å². The predicted molar refractivity (Wildman–Crippen MR) is 102 cm³/mol. The van der Waals surface area contributed by atoms with Crippen LogP contribution >= 0.6 is 0 Å². The second-order valence-corrected chi connectivity index (χ2v) is 9.74. The van der Waals surface area contributed by atoms with E-state index in [1.165, 1.54) is 23.6 Å². The average Bonchev–Trinajstić information content (AvgIpc) is 2.66. The van der Waals surface area contributed by atoms with E-state index >= 15 is 0 Å². The number of nitrogens with one attached hydrogen (secondary N) is 1. The molecule has 1 N–H and O–H groups in total. The van der Waals surface area contributed by atoms with Crippen LogP contribution in [0.5, 0.6) is 0 Å². The zero-order chi connectivity index (χ0) is 20.1. The third-order valence-electron chi connectivity index (χ3n) is 5.81. The van der Waals surface area contributed by atoms with E-state index in [0.29, 0.717) is 18.9 Å². The van der Waals surface area contributed by atoms with Gasteiger partial charge in [0.05, 0.1) is 4.90 Å². The first kappa shape index (κ1) is 21.2. The fourth-order valence-electron chi connectivity index (χ4n) is 4.06. The van der Waals surface area contributed by atoms with Crippen LogP contribution in [0.3, 0.4) is 0 Å². The number of halogens is 2. The first-order valence-corrected chi connectivity index (χ1v) is 11.6. The fourth-order valence-corrected chi connectivity index (χ4v) is 5.55. The van der Waals surface area contributed by atoms with Gasteiger partial charge in [-0.1, -0.05) is 32.1 Å². The third kappa shape index (κ3) is 5.08. The number of nitrogens with zero attached hydrogens (tertiary/aromatic N) is 1. The monoisotopic (exact) mass is 414 g/mol. The van der Waals surface area contributed by atoms with Gasteiger partial charge in [0.15, 0.2) is 11.6 Å². The number of sulfonamides is 1. The standard InChI is InChI=1S/C20H28F2N2O3S/c21-18-9-8-17(14-19(18)22)28(26,27)24-12-10-15(11-13-24)20(25)23-16-6-4-2-1-3-5-7-16/h8-9,14-16H,1-7,10-13H2,(H,23,25). The maximum Gasteiger partial charge on any atom is 0.243 e. The van der Waals surface area contributed by atoms with Gasteiger partial charge in [0, 0.05) is 25.0 Å². The minimum Gasteiger partial charge on any atom is -0.353 e. The largest absolute Gasteiger partial charge is 0.353 e. The molecule has 1 heterocycles. The van der Waals surface area contributed by atoms with E-state index in [0.717, 1.165) is 37.8 Å². The van der Waals surface area contributed by atoms with Crippen LogP contribution in [0.25, 0.3) is 0 Å². The number of piperidine rings is 1. The molecule has 28 heavy (non-hydrogen) atoms. The summed E-state index contributed by atoms with van der Waals surface area (Å²) in [5, 5.41) is 3.16. The topological polar surface area (TPSA) is 66.5 Å². The molecule has 3 rings (SSSR count). The first-order chi connectivity index (χ1) is 13.4. The maximum absolute atomic E-state index is 13.4. The molecule has 8 heteroatoms. The molecule has 1 saturated carbocycles. The molecular weight excluding hydrogens is 386 g/mol. The van der Waals surface area contributed by atoms with Crippen molar-refractivity contribution >= 4 is 15.9 Å². The Bertz CT molecular complexity index is 785. The van der Waals surface area contributed by atoms with Crippen LogP contribution in [0.15, 0.2) is 23.1 Å². The Morgan fingerprint density at radius 1 is 0.929 bits per heavy atom. The van der Waals surface area contributed by atoms with E-state index < -0.39 is 21.7 Å².